The maximum atomic E-state index is 14.2. The zero-order chi connectivity index (χ0) is 14.8. The lowest BCUT2D eigenvalue weighted by molar-refractivity contribution is -0.114. The molecule has 1 amide bonds. The summed E-state index contributed by atoms with van der Waals surface area (Å²) in [7, 11) is 0. The predicted molar refractivity (Wildman–Crippen MR) is 85.1 cm³/mol. The van der Waals surface area contributed by atoms with Crippen LogP contribution < -0.4 is 5.32 Å². The fraction of sp³-hybridized carbons (Fsp3) is 0.0667. The standard InChI is InChI=1S/C15H11FN2OS2/c1-9(19)17-10-4-5-11(12(16)7-10)13-8-21-15(18-13)14-3-2-6-20-14/h2-8H,1H3,(H,17,19). The van der Waals surface area contributed by atoms with Gasteiger partial charge in [-0.15, -0.1) is 22.7 Å². The minimum absolute atomic E-state index is 0.226. The molecule has 0 aliphatic heterocycles. The Kier molecular flexibility index (Phi) is 3.81. The van der Waals surface area contributed by atoms with Gasteiger partial charge in [0.1, 0.15) is 10.8 Å². The Balaban J connectivity index is 1.92. The third-order valence-corrected chi connectivity index (χ3v) is 4.68. The number of thiazole rings is 1. The van der Waals surface area contributed by atoms with Gasteiger partial charge in [-0.05, 0) is 29.6 Å². The molecule has 0 unspecified atom stereocenters. The summed E-state index contributed by atoms with van der Waals surface area (Å²) < 4.78 is 14.2. The second kappa shape index (κ2) is 5.75. The number of anilines is 1. The van der Waals surface area contributed by atoms with E-state index in [1.807, 2.05) is 22.9 Å². The summed E-state index contributed by atoms with van der Waals surface area (Å²) in [6.07, 6.45) is 0. The van der Waals surface area contributed by atoms with Gasteiger partial charge in [-0.1, -0.05) is 6.07 Å². The monoisotopic (exact) mass is 318 g/mol. The molecule has 1 N–H and O–H groups in total. The van der Waals surface area contributed by atoms with Crippen molar-refractivity contribution in [1.82, 2.24) is 4.98 Å². The van der Waals surface area contributed by atoms with Crippen LogP contribution in [0.2, 0.25) is 0 Å². The van der Waals surface area contributed by atoms with Gasteiger partial charge in [-0.25, -0.2) is 9.37 Å². The van der Waals surface area contributed by atoms with E-state index in [1.165, 1.54) is 24.3 Å². The van der Waals surface area contributed by atoms with Crippen molar-refractivity contribution in [3.8, 4) is 21.1 Å². The van der Waals surface area contributed by atoms with Gasteiger partial charge >= 0.3 is 0 Å². The summed E-state index contributed by atoms with van der Waals surface area (Å²) in [5, 5.41) is 7.26. The van der Waals surface area contributed by atoms with Gasteiger partial charge in [0.2, 0.25) is 5.91 Å². The molecule has 0 atom stereocenters. The number of benzene rings is 1. The molecule has 0 spiro atoms. The highest BCUT2D eigenvalue weighted by atomic mass is 32.1. The molecule has 2 aromatic heterocycles. The number of nitrogens with zero attached hydrogens (tertiary/aromatic N) is 1. The van der Waals surface area contributed by atoms with Crippen LogP contribution in [0.15, 0.2) is 41.1 Å². The fourth-order valence-electron chi connectivity index (χ4n) is 1.91. The third kappa shape index (κ3) is 3.01. The molecule has 3 nitrogen and oxygen atoms in total. The quantitative estimate of drug-likeness (QED) is 0.764. The maximum Gasteiger partial charge on any atom is 0.221 e. The van der Waals surface area contributed by atoms with Gasteiger partial charge in [-0.3, -0.25) is 4.79 Å². The number of hydrogen-bond acceptors (Lipinski definition) is 4. The Hall–Kier alpha value is -2.05. The van der Waals surface area contributed by atoms with Crippen LogP contribution in [0.5, 0.6) is 0 Å². The van der Waals surface area contributed by atoms with Gasteiger partial charge in [0.05, 0.1) is 10.6 Å². The van der Waals surface area contributed by atoms with Crippen LogP contribution in [0.4, 0.5) is 10.1 Å². The van der Waals surface area contributed by atoms with Crippen LogP contribution in [0.25, 0.3) is 21.1 Å². The Labute approximate surface area is 129 Å². The number of aromatic nitrogens is 1. The van der Waals surface area contributed by atoms with E-state index >= 15 is 0 Å². The van der Waals surface area contributed by atoms with Gasteiger partial charge in [-0.2, -0.15) is 0 Å². The Morgan fingerprint density at radius 1 is 1.29 bits per heavy atom. The number of halogens is 1. The van der Waals surface area contributed by atoms with Crippen LogP contribution in [-0.4, -0.2) is 10.9 Å². The van der Waals surface area contributed by atoms with Crippen LogP contribution >= 0.6 is 22.7 Å². The van der Waals surface area contributed by atoms with Crippen molar-refractivity contribution in [2.24, 2.45) is 0 Å². The van der Waals surface area contributed by atoms with Crippen LogP contribution in [0.3, 0.4) is 0 Å². The fourth-order valence-corrected chi connectivity index (χ4v) is 3.55. The number of thiophene rings is 1. The van der Waals surface area contributed by atoms with Gasteiger partial charge in [0.25, 0.3) is 0 Å². The topological polar surface area (TPSA) is 42.0 Å². The minimum Gasteiger partial charge on any atom is -0.326 e. The first kappa shape index (κ1) is 13.9. The lowest BCUT2D eigenvalue weighted by Gasteiger charge is -2.04. The van der Waals surface area contributed by atoms with Gasteiger partial charge in [0.15, 0.2) is 0 Å². The molecule has 0 aliphatic carbocycles. The summed E-state index contributed by atoms with van der Waals surface area (Å²) in [5.41, 5.74) is 1.48. The van der Waals surface area contributed by atoms with Crippen LogP contribution in [0, 0.1) is 5.82 Å². The molecule has 2 heterocycles. The molecule has 0 bridgehead atoms. The van der Waals surface area contributed by atoms with E-state index < -0.39 is 5.82 Å². The van der Waals surface area contributed by atoms with Crippen molar-refractivity contribution in [3.05, 3.63) is 46.9 Å². The average Bonchev–Trinajstić information content (AvgIpc) is 3.09. The maximum absolute atomic E-state index is 14.2. The molecule has 6 heteroatoms. The first-order valence-corrected chi connectivity index (χ1v) is 7.96. The Morgan fingerprint density at radius 3 is 2.81 bits per heavy atom. The lowest BCUT2D eigenvalue weighted by Crippen LogP contribution is -2.05. The first-order chi connectivity index (χ1) is 10.1. The second-order valence-electron chi connectivity index (χ2n) is 4.39. The number of amides is 1. The normalized spacial score (nSPS) is 10.6. The number of carbonyl (C=O) groups excluding carboxylic acids is 1. The summed E-state index contributed by atoms with van der Waals surface area (Å²) in [6.45, 7) is 1.39. The second-order valence-corrected chi connectivity index (χ2v) is 6.20. The van der Waals surface area contributed by atoms with E-state index in [-0.39, 0.29) is 5.91 Å². The van der Waals surface area contributed by atoms with E-state index in [4.69, 9.17) is 0 Å². The van der Waals surface area contributed by atoms with Gasteiger partial charge < -0.3 is 5.32 Å². The molecule has 21 heavy (non-hydrogen) atoms. The van der Waals surface area contributed by atoms with E-state index in [1.54, 1.807) is 23.5 Å². The molecule has 0 saturated heterocycles. The highest BCUT2D eigenvalue weighted by Gasteiger charge is 2.12. The minimum atomic E-state index is -0.399. The number of hydrogen-bond donors (Lipinski definition) is 1. The van der Waals surface area contributed by atoms with E-state index in [0.717, 1.165) is 9.88 Å². The molecule has 106 valence electrons. The molecule has 1 aromatic carbocycles. The highest BCUT2D eigenvalue weighted by Crippen LogP contribution is 2.33. The molecule has 0 saturated carbocycles. The smallest absolute Gasteiger partial charge is 0.221 e. The molecule has 3 rings (SSSR count). The van der Waals surface area contributed by atoms with E-state index in [0.29, 0.717) is 16.9 Å². The van der Waals surface area contributed by atoms with E-state index in [2.05, 4.69) is 10.3 Å². The first-order valence-electron chi connectivity index (χ1n) is 6.20. The number of carbonyl (C=O) groups is 1. The largest absolute Gasteiger partial charge is 0.326 e. The summed E-state index contributed by atoms with van der Waals surface area (Å²) in [6, 6.07) is 8.56. The molecule has 3 aromatic rings. The zero-order valence-electron chi connectivity index (χ0n) is 11.1. The van der Waals surface area contributed by atoms with Crippen molar-refractivity contribution in [1.29, 1.82) is 0 Å². The lowest BCUT2D eigenvalue weighted by atomic mass is 10.1. The van der Waals surface area contributed by atoms with Gasteiger partial charge in [0, 0.05) is 23.6 Å². The average molecular weight is 318 g/mol. The molecule has 0 radical (unpaired) electrons. The van der Waals surface area contributed by atoms with Crippen molar-refractivity contribution in [2.45, 2.75) is 6.92 Å². The summed E-state index contributed by atoms with van der Waals surface area (Å²) in [4.78, 5) is 16.5. The highest BCUT2D eigenvalue weighted by molar-refractivity contribution is 7.20. The van der Waals surface area contributed by atoms with Crippen LogP contribution in [0.1, 0.15) is 6.92 Å². The molecule has 0 aliphatic rings. The predicted octanol–water partition coefficient (Wildman–Crippen LogP) is 4.64. The zero-order valence-corrected chi connectivity index (χ0v) is 12.7. The molecular formula is C15H11FN2OS2. The Morgan fingerprint density at radius 2 is 2.14 bits per heavy atom. The van der Waals surface area contributed by atoms with Crippen molar-refractivity contribution in [3.63, 3.8) is 0 Å². The van der Waals surface area contributed by atoms with Crippen molar-refractivity contribution in [2.75, 3.05) is 5.32 Å². The number of rotatable bonds is 3. The third-order valence-electron chi connectivity index (χ3n) is 2.80. The van der Waals surface area contributed by atoms with Crippen molar-refractivity contribution < 1.29 is 9.18 Å². The number of nitrogens with one attached hydrogen (secondary N) is 1. The Bertz CT molecular complexity index is 781. The SMILES string of the molecule is CC(=O)Nc1ccc(-c2csc(-c3cccs3)n2)c(F)c1. The van der Waals surface area contributed by atoms with Crippen LogP contribution in [-0.2, 0) is 4.79 Å². The summed E-state index contributed by atoms with van der Waals surface area (Å²) >= 11 is 3.09. The van der Waals surface area contributed by atoms with E-state index in [9.17, 15) is 9.18 Å². The molecular weight excluding hydrogens is 307 g/mol. The molecule has 0 fully saturated rings. The summed E-state index contributed by atoms with van der Waals surface area (Å²) in [5.74, 6) is -0.625. The van der Waals surface area contributed by atoms with Crippen molar-refractivity contribution >= 4 is 34.3 Å².